The van der Waals surface area contributed by atoms with E-state index in [4.69, 9.17) is 11.6 Å². The van der Waals surface area contributed by atoms with Crippen LogP contribution in [0.15, 0.2) is 36.4 Å². The minimum Gasteiger partial charge on any atom is -0.469 e. The van der Waals surface area contributed by atoms with Crippen LogP contribution in [0.4, 0.5) is 4.39 Å². The SMILES string of the molecule is COC(=O)CCC/C=C\C[C@H]1C(F)C[C@@H](O)[C@@H]1/C=C/CC(O)C1(Cc2ccc(Cl)s2)CCC1. The molecule has 2 aliphatic rings. The summed E-state index contributed by atoms with van der Waals surface area (Å²) < 4.78 is 19.9. The molecule has 0 bridgehead atoms. The van der Waals surface area contributed by atoms with Crippen LogP contribution < -0.4 is 0 Å². The number of carbonyl (C=O) groups excluding carboxylic acids is 1. The molecule has 33 heavy (non-hydrogen) atoms. The van der Waals surface area contributed by atoms with Gasteiger partial charge in [-0.3, -0.25) is 4.79 Å². The molecule has 0 spiro atoms. The molecular formula is C26H36ClFO4S. The standard InChI is InChI=1S/C26H36ClFO4S/c1-32-25(31)11-5-3-2-4-8-19-20(22(29)16-21(19)28)9-6-10-23(30)26(14-7-15-26)17-18-12-13-24(27)33-18/h2,4,6,9,12-13,19-23,29-30H,3,5,7-8,10-11,14-17H2,1H3/b4-2-,9-6+/t19-,20-,21?,22-,23?/m1/s1. The van der Waals surface area contributed by atoms with Gasteiger partial charge < -0.3 is 14.9 Å². The second kappa shape index (κ2) is 12.5. The molecule has 2 saturated carbocycles. The summed E-state index contributed by atoms with van der Waals surface area (Å²) in [4.78, 5) is 12.3. The quantitative estimate of drug-likeness (QED) is 0.209. The average Bonchev–Trinajstić information content (AvgIpc) is 3.28. The molecule has 7 heteroatoms. The molecule has 184 valence electrons. The van der Waals surface area contributed by atoms with Gasteiger partial charge in [-0.05, 0) is 57.1 Å². The Morgan fingerprint density at radius 3 is 2.79 bits per heavy atom. The summed E-state index contributed by atoms with van der Waals surface area (Å²) in [6.45, 7) is 0. The Morgan fingerprint density at radius 2 is 2.15 bits per heavy atom. The number of aliphatic hydroxyl groups excluding tert-OH is 2. The summed E-state index contributed by atoms with van der Waals surface area (Å²) >= 11 is 7.65. The maximum absolute atomic E-state index is 14.6. The van der Waals surface area contributed by atoms with Crippen LogP contribution in [0.5, 0.6) is 0 Å². The van der Waals surface area contributed by atoms with Crippen LogP contribution in [-0.2, 0) is 16.0 Å². The number of allylic oxidation sites excluding steroid dienone is 2. The summed E-state index contributed by atoms with van der Waals surface area (Å²) in [5.41, 5.74) is -0.109. The molecule has 1 aromatic rings. The molecule has 3 rings (SSSR count). The molecule has 2 unspecified atom stereocenters. The highest BCUT2D eigenvalue weighted by molar-refractivity contribution is 7.16. The maximum atomic E-state index is 14.6. The number of thiophene rings is 1. The second-order valence-electron chi connectivity index (χ2n) is 9.51. The number of hydrogen-bond acceptors (Lipinski definition) is 5. The third-order valence-corrected chi connectivity index (χ3v) is 8.58. The summed E-state index contributed by atoms with van der Waals surface area (Å²) in [5.74, 6) is -0.738. The molecule has 0 aliphatic heterocycles. The smallest absolute Gasteiger partial charge is 0.305 e. The normalized spacial score (nSPS) is 27.8. The van der Waals surface area contributed by atoms with E-state index in [1.165, 1.54) is 12.0 Å². The Labute approximate surface area is 205 Å². The van der Waals surface area contributed by atoms with Crippen LogP contribution >= 0.6 is 22.9 Å². The number of alkyl halides is 1. The van der Waals surface area contributed by atoms with Crippen LogP contribution in [0.3, 0.4) is 0 Å². The van der Waals surface area contributed by atoms with Gasteiger partial charge in [-0.15, -0.1) is 11.3 Å². The fourth-order valence-corrected chi connectivity index (χ4v) is 6.41. The van der Waals surface area contributed by atoms with Gasteiger partial charge >= 0.3 is 5.97 Å². The van der Waals surface area contributed by atoms with E-state index >= 15 is 0 Å². The molecule has 1 heterocycles. The third kappa shape index (κ3) is 7.14. The number of carbonyl (C=O) groups is 1. The van der Waals surface area contributed by atoms with Crippen molar-refractivity contribution in [3.8, 4) is 0 Å². The molecule has 1 aromatic heterocycles. The van der Waals surface area contributed by atoms with Gasteiger partial charge in [0.05, 0.1) is 23.7 Å². The number of methoxy groups -OCH3 is 1. The second-order valence-corrected chi connectivity index (χ2v) is 11.3. The van der Waals surface area contributed by atoms with Crippen molar-refractivity contribution in [1.82, 2.24) is 0 Å². The number of aliphatic hydroxyl groups is 2. The van der Waals surface area contributed by atoms with Crippen LogP contribution in [0, 0.1) is 17.3 Å². The van der Waals surface area contributed by atoms with Crippen molar-refractivity contribution in [2.45, 2.75) is 82.6 Å². The molecule has 2 fully saturated rings. The molecule has 2 aliphatic carbocycles. The minimum absolute atomic E-state index is 0.109. The summed E-state index contributed by atoms with van der Waals surface area (Å²) in [5, 5.41) is 21.4. The average molecular weight is 499 g/mol. The van der Waals surface area contributed by atoms with Crippen molar-refractivity contribution in [2.24, 2.45) is 17.3 Å². The van der Waals surface area contributed by atoms with Gasteiger partial charge in [0.2, 0.25) is 0 Å². The Balaban J connectivity index is 1.50. The van der Waals surface area contributed by atoms with E-state index in [2.05, 4.69) is 4.74 Å². The van der Waals surface area contributed by atoms with Gasteiger partial charge in [0, 0.05) is 35.0 Å². The highest BCUT2D eigenvalue weighted by Crippen LogP contribution is 2.48. The minimum atomic E-state index is -1.04. The van der Waals surface area contributed by atoms with Gasteiger partial charge in [0.1, 0.15) is 6.17 Å². The monoisotopic (exact) mass is 498 g/mol. The number of esters is 1. The first-order valence-corrected chi connectivity index (χ1v) is 13.2. The summed E-state index contributed by atoms with van der Waals surface area (Å²) in [7, 11) is 1.38. The zero-order valence-electron chi connectivity index (χ0n) is 19.3. The fraction of sp³-hybridized carbons (Fsp3) is 0.654. The number of hydrogen-bond donors (Lipinski definition) is 2. The van der Waals surface area contributed by atoms with Crippen molar-refractivity contribution in [2.75, 3.05) is 7.11 Å². The predicted octanol–water partition coefficient (Wildman–Crippen LogP) is 6.05. The van der Waals surface area contributed by atoms with Gasteiger partial charge in [-0.1, -0.05) is 42.3 Å². The molecule has 2 N–H and O–H groups in total. The number of rotatable bonds is 12. The third-order valence-electron chi connectivity index (χ3n) is 7.35. The van der Waals surface area contributed by atoms with Gasteiger partial charge in [0.15, 0.2) is 0 Å². The van der Waals surface area contributed by atoms with Gasteiger partial charge in [-0.2, -0.15) is 0 Å². The zero-order chi connectivity index (χ0) is 23.8. The van der Waals surface area contributed by atoms with E-state index in [0.717, 1.165) is 36.4 Å². The van der Waals surface area contributed by atoms with Crippen molar-refractivity contribution in [3.63, 3.8) is 0 Å². The van der Waals surface area contributed by atoms with Gasteiger partial charge in [-0.25, -0.2) is 4.39 Å². The largest absolute Gasteiger partial charge is 0.469 e. The van der Waals surface area contributed by atoms with Crippen LogP contribution in [-0.4, -0.2) is 41.7 Å². The van der Waals surface area contributed by atoms with Crippen LogP contribution in [0.2, 0.25) is 4.34 Å². The van der Waals surface area contributed by atoms with Crippen molar-refractivity contribution in [1.29, 1.82) is 0 Å². The first-order chi connectivity index (χ1) is 15.8. The first kappa shape index (κ1) is 26.4. The lowest BCUT2D eigenvalue weighted by Crippen LogP contribution is -2.42. The van der Waals surface area contributed by atoms with Crippen molar-refractivity contribution in [3.05, 3.63) is 45.7 Å². The molecule has 0 radical (unpaired) electrons. The zero-order valence-corrected chi connectivity index (χ0v) is 20.9. The number of ether oxygens (including phenoxy) is 1. The highest BCUT2D eigenvalue weighted by atomic mass is 35.5. The van der Waals surface area contributed by atoms with Crippen LogP contribution in [0.1, 0.15) is 62.7 Å². The Bertz CT molecular complexity index is 819. The lowest BCUT2D eigenvalue weighted by molar-refractivity contribution is -0.140. The Morgan fingerprint density at radius 1 is 1.36 bits per heavy atom. The molecule has 4 nitrogen and oxygen atoms in total. The van der Waals surface area contributed by atoms with Crippen LogP contribution in [0.25, 0.3) is 0 Å². The summed E-state index contributed by atoms with van der Waals surface area (Å²) in [6.07, 6.45) is 12.6. The first-order valence-electron chi connectivity index (χ1n) is 12.0. The number of halogens is 2. The lowest BCUT2D eigenvalue weighted by Gasteiger charge is -2.45. The van der Waals surface area contributed by atoms with E-state index in [0.29, 0.717) is 25.7 Å². The van der Waals surface area contributed by atoms with Crippen molar-refractivity contribution < 1.29 is 24.1 Å². The maximum Gasteiger partial charge on any atom is 0.305 e. The van der Waals surface area contributed by atoms with Gasteiger partial charge in [0.25, 0.3) is 0 Å². The van der Waals surface area contributed by atoms with E-state index < -0.39 is 18.4 Å². The van der Waals surface area contributed by atoms with E-state index in [1.54, 1.807) is 11.3 Å². The lowest BCUT2D eigenvalue weighted by atomic mass is 9.62. The topological polar surface area (TPSA) is 66.8 Å². The molecule has 5 atom stereocenters. The molecular weight excluding hydrogens is 463 g/mol. The van der Waals surface area contributed by atoms with Crippen molar-refractivity contribution >= 4 is 28.9 Å². The molecule has 0 saturated heterocycles. The highest BCUT2D eigenvalue weighted by Gasteiger charge is 2.44. The Hall–Kier alpha value is -1.21. The number of unbranched alkanes of at least 4 members (excludes halogenated alkanes) is 1. The predicted molar refractivity (Wildman–Crippen MR) is 131 cm³/mol. The molecule has 0 aromatic carbocycles. The Kier molecular flexibility index (Phi) is 9.98. The molecule has 0 amide bonds. The van der Waals surface area contributed by atoms with E-state index in [9.17, 15) is 19.4 Å². The van der Waals surface area contributed by atoms with E-state index in [1.807, 2.05) is 36.4 Å². The summed E-state index contributed by atoms with van der Waals surface area (Å²) in [6, 6.07) is 3.95. The van der Waals surface area contributed by atoms with E-state index in [-0.39, 0.29) is 29.6 Å². The fourth-order valence-electron chi connectivity index (χ4n) is 5.17.